The monoisotopic (exact) mass is 593 g/mol. The van der Waals surface area contributed by atoms with Crippen molar-refractivity contribution in [3.8, 4) is 11.5 Å². The molecule has 0 radical (unpaired) electrons. The smallest absolute Gasteiger partial charge is 0.326 e. The largest absolute Gasteiger partial charge is 0.486 e. The first-order valence-electron chi connectivity index (χ1n) is 12.5. The number of methoxy groups -OCH3 is 2. The van der Waals surface area contributed by atoms with Gasteiger partial charge in [0, 0.05) is 45.0 Å². The molecule has 40 heavy (non-hydrogen) atoms. The highest BCUT2D eigenvalue weighted by atomic mass is 32.2. The van der Waals surface area contributed by atoms with Crippen LogP contribution in [0, 0.1) is 0 Å². The van der Waals surface area contributed by atoms with E-state index in [9.17, 15) is 18.0 Å². The summed E-state index contributed by atoms with van der Waals surface area (Å²) in [5.41, 5.74) is 0.827. The molecule has 0 fully saturated rings. The van der Waals surface area contributed by atoms with E-state index in [-0.39, 0.29) is 54.7 Å². The summed E-state index contributed by atoms with van der Waals surface area (Å²) in [7, 11) is -0.856. The summed E-state index contributed by atoms with van der Waals surface area (Å²) >= 11 is 1.21. The van der Waals surface area contributed by atoms with Crippen molar-refractivity contribution in [1.29, 1.82) is 0 Å². The van der Waals surface area contributed by atoms with Crippen LogP contribution in [0.1, 0.15) is 17.3 Å². The van der Waals surface area contributed by atoms with E-state index in [1.54, 1.807) is 23.6 Å². The second-order valence-corrected chi connectivity index (χ2v) is 11.5. The summed E-state index contributed by atoms with van der Waals surface area (Å²) in [5, 5.41) is 0. The van der Waals surface area contributed by atoms with Gasteiger partial charge in [-0.1, -0.05) is 11.3 Å². The molecule has 0 bridgehead atoms. The summed E-state index contributed by atoms with van der Waals surface area (Å²) in [6.45, 7) is 3.35. The van der Waals surface area contributed by atoms with Crippen molar-refractivity contribution in [2.45, 2.75) is 18.4 Å². The zero-order valence-electron chi connectivity index (χ0n) is 22.5. The van der Waals surface area contributed by atoms with E-state index < -0.39 is 21.9 Å². The minimum Gasteiger partial charge on any atom is -0.486 e. The molecule has 1 amide bonds. The Kier molecular flexibility index (Phi) is 9.92. The van der Waals surface area contributed by atoms with Crippen LogP contribution in [0.5, 0.6) is 11.5 Å². The van der Waals surface area contributed by atoms with Crippen molar-refractivity contribution in [1.82, 2.24) is 8.87 Å². The lowest BCUT2D eigenvalue weighted by Crippen LogP contribution is -2.36. The van der Waals surface area contributed by atoms with E-state index in [2.05, 4.69) is 4.99 Å². The van der Waals surface area contributed by atoms with Crippen molar-refractivity contribution in [3.63, 3.8) is 0 Å². The van der Waals surface area contributed by atoms with Crippen LogP contribution in [0.2, 0.25) is 0 Å². The number of ether oxygens (including phenoxy) is 5. The zero-order chi connectivity index (χ0) is 28.7. The van der Waals surface area contributed by atoms with E-state index in [1.165, 1.54) is 54.1 Å². The minimum absolute atomic E-state index is 0.0288. The highest BCUT2D eigenvalue weighted by Gasteiger charge is 2.24. The van der Waals surface area contributed by atoms with Crippen LogP contribution in [0.4, 0.5) is 0 Å². The van der Waals surface area contributed by atoms with Gasteiger partial charge in [0.2, 0.25) is 10.0 Å². The van der Waals surface area contributed by atoms with Crippen molar-refractivity contribution in [3.05, 3.63) is 46.8 Å². The van der Waals surface area contributed by atoms with Gasteiger partial charge >= 0.3 is 5.97 Å². The molecule has 12 nitrogen and oxygen atoms in total. The molecule has 4 rings (SSSR count). The number of hydrogen-bond acceptors (Lipinski definition) is 10. The number of nitrogens with zero attached hydrogens (tertiary/aromatic N) is 3. The number of carbonyl (C=O) groups excluding carboxylic acids is 2. The Morgan fingerprint density at radius 3 is 2.25 bits per heavy atom. The number of aromatic nitrogens is 1. The maximum atomic E-state index is 13.2. The van der Waals surface area contributed by atoms with Gasteiger partial charge in [-0.2, -0.15) is 9.30 Å². The number of fused-ring (bicyclic) bond motifs is 2. The Bertz CT molecular complexity index is 1520. The van der Waals surface area contributed by atoms with E-state index in [0.717, 1.165) is 4.70 Å². The molecule has 1 aromatic heterocycles. The summed E-state index contributed by atoms with van der Waals surface area (Å²) < 4.78 is 56.5. The number of hydrogen-bond donors (Lipinski definition) is 0. The van der Waals surface area contributed by atoms with Gasteiger partial charge in [-0.05, 0) is 31.2 Å². The quantitative estimate of drug-likeness (QED) is 0.289. The van der Waals surface area contributed by atoms with Gasteiger partial charge in [-0.3, -0.25) is 9.59 Å². The maximum absolute atomic E-state index is 13.2. The van der Waals surface area contributed by atoms with Crippen molar-refractivity contribution >= 4 is 43.5 Å². The predicted octanol–water partition coefficient (Wildman–Crippen LogP) is 2.06. The Morgan fingerprint density at radius 1 is 1.02 bits per heavy atom. The molecule has 1 aliphatic rings. The molecule has 2 aromatic carbocycles. The fourth-order valence-electron chi connectivity index (χ4n) is 3.99. The van der Waals surface area contributed by atoms with Crippen LogP contribution < -0.4 is 14.3 Å². The Hall–Kier alpha value is -3.30. The number of rotatable bonds is 12. The molecule has 0 spiro atoms. The molecular weight excluding hydrogens is 562 g/mol. The molecule has 216 valence electrons. The third-order valence-corrected chi connectivity index (χ3v) is 8.92. The number of carbonyl (C=O) groups is 2. The van der Waals surface area contributed by atoms with E-state index >= 15 is 0 Å². The topological polar surface area (TPSA) is 135 Å². The van der Waals surface area contributed by atoms with Crippen molar-refractivity contribution in [2.75, 3.05) is 60.3 Å². The molecule has 14 heteroatoms. The van der Waals surface area contributed by atoms with Gasteiger partial charge in [0.1, 0.15) is 19.8 Å². The predicted molar refractivity (Wildman–Crippen MR) is 146 cm³/mol. The summed E-state index contributed by atoms with van der Waals surface area (Å²) in [6.07, 6.45) is 0. The zero-order valence-corrected chi connectivity index (χ0v) is 24.1. The summed E-state index contributed by atoms with van der Waals surface area (Å²) in [5.74, 6) is 0.0323. The fourth-order valence-corrected chi connectivity index (χ4v) is 6.43. The molecule has 1 aliphatic heterocycles. The van der Waals surface area contributed by atoms with E-state index in [1.807, 2.05) is 0 Å². The maximum Gasteiger partial charge on any atom is 0.326 e. The SMILES string of the molecule is CCOC(=O)Cn1c(=NC(=O)c2ccc(S(=O)(=O)N(CCOC)CCOC)cc2)sc2cc3c(cc21)OCCO3. The fraction of sp³-hybridized carbons (Fsp3) is 0.423. The number of thiazole rings is 1. The standard InChI is InChI=1S/C26H31N3O9S2/c1-4-36-24(30)17-29-20-15-21-22(38-14-13-37-21)16-23(20)39-26(29)27-25(31)18-5-7-19(8-6-18)40(32,33)28(9-11-34-2)10-12-35-3/h5-8,15-16H,4,9-14,17H2,1-3H3. The van der Waals surface area contributed by atoms with Crippen LogP contribution in [0.15, 0.2) is 46.3 Å². The van der Waals surface area contributed by atoms with Gasteiger partial charge in [-0.15, -0.1) is 0 Å². The minimum atomic E-state index is -3.84. The summed E-state index contributed by atoms with van der Waals surface area (Å²) in [4.78, 5) is 30.1. The third kappa shape index (κ3) is 6.70. The highest BCUT2D eigenvalue weighted by Crippen LogP contribution is 2.35. The van der Waals surface area contributed by atoms with Crippen molar-refractivity contribution in [2.24, 2.45) is 4.99 Å². The van der Waals surface area contributed by atoms with E-state index in [0.29, 0.717) is 30.2 Å². The van der Waals surface area contributed by atoms with Gasteiger partial charge in [0.15, 0.2) is 16.3 Å². The first kappa shape index (κ1) is 29.7. The molecule has 0 aliphatic carbocycles. The Balaban J connectivity index is 1.67. The number of amides is 1. The lowest BCUT2D eigenvalue weighted by atomic mass is 10.2. The van der Waals surface area contributed by atoms with Gasteiger partial charge in [-0.25, -0.2) is 8.42 Å². The molecule has 3 aromatic rings. The average molecular weight is 594 g/mol. The van der Waals surface area contributed by atoms with Crippen LogP contribution in [0.3, 0.4) is 0 Å². The van der Waals surface area contributed by atoms with Crippen molar-refractivity contribution < 1.29 is 41.7 Å². The number of sulfonamides is 1. The van der Waals surface area contributed by atoms with Gasteiger partial charge < -0.3 is 28.3 Å². The lowest BCUT2D eigenvalue weighted by molar-refractivity contribution is -0.143. The molecule has 0 saturated carbocycles. The second-order valence-electron chi connectivity index (χ2n) is 8.57. The van der Waals surface area contributed by atoms with Crippen LogP contribution in [0.25, 0.3) is 10.2 Å². The highest BCUT2D eigenvalue weighted by molar-refractivity contribution is 7.89. The summed E-state index contributed by atoms with van der Waals surface area (Å²) in [6, 6.07) is 9.09. The average Bonchev–Trinajstić information content (AvgIpc) is 3.26. The lowest BCUT2D eigenvalue weighted by Gasteiger charge is -2.21. The third-order valence-electron chi connectivity index (χ3n) is 5.97. The first-order chi connectivity index (χ1) is 19.3. The molecule has 2 heterocycles. The second kappa shape index (κ2) is 13.4. The molecular formula is C26H31N3O9S2. The van der Waals surface area contributed by atoms with Crippen LogP contribution in [-0.2, 0) is 35.6 Å². The normalized spacial score (nSPS) is 13.7. The van der Waals surface area contributed by atoms with Crippen LogP contribution in [-0.4, -0.2) is 89.5 Å². The van der Waals surface area contributed by atoms with Gasteiger partial charge in [0.05, 0.1) is 34.9 Å². The number of esters is 1. The molecule has 0 atom stereocenters. The number of benzene rings is 2. The molecule has 0 saturated heterocycles. The first-order valence-corrected chi connectivity index (χ1v) is 14.8. The van der Waals surface area contributed by atoms with E-state index in [4.69, 9.17) is 23.7 Å². The molecule has 0 N–H and O–H groups in total. The van der Waals surface area contributed by atoms with Crippen LogP contribution >= 0.6 is 11.3 Å². The van der Waals surface area contributed by atoms with Gasteiger partial charge in [0.25, 0.3) is 5.91 Å². The Labute approximate surface area is 235 Å². The molecule has 0 unspecified atom stereocenters. The Morgan fingerprint density at radius 2 is 1.65 bits per heavy atom.